The Bertz CT molecular complexity index is 861. The topological polar surface area (TPSA) is 54.0 Å². The average molecular weight is 453 g/mol. The molecule has 0 aliphatic carbocycles. The second kappa shape index (κ2) is 13.2. The van der Waals surface area contributed by atoms with Crippen LogP contribution < -0.4 is 9.47 Å². The molecular formula is C28H36O5. The molecule has 0 amide bonds. The molecule has 0 spiro atoms. The van der Waals surface area contributed by atoms with Crippen molar-refractivity contribution in [3.63, 3.8) is 0 Å². The smallest absolute Gasteiger partial charge is 0.336 e. The standard InChI is InChI=1S/C28H36O5/c1-3-28(21-31-22-28)20-30-18-6-4-5-7-19-32-25-15-10-24(11-16-25)12-17-27(29)33-26-13-8-23(2)9-14-26/h8-17H,3-7,18-22H2,1-2H3/b17-12+. The Morgan fingerprint density at radius 2 is 1.61 bits per heavy atom. The minimum absolute atomic E-state index is 0.282. The molecule has 178 valence electrons. The summed E-state index contributed by atoms with van der Waals surface area (Å²) >= 11 is 0. The molecule has 1 heterocycles. The van der Waals surface area contributed by atoms with Gasteiger partial charge in [0.2, 0.25) is 0 Å². The fraction of sp³-hybridized carbons (Fsp3) is 0.464. The van der Waals surface area contributed by atoms with Gasteiger partial charge in [0, 0.05) is 18.1 Å². The lowest BCUT2D eigenvalue weighted by Gasteiger charge is -2.40. The average Bonchev–Trinajstić information content (AvgIpc) is 2.80. The second-order valence-corrected chi connectivity index (χ2v) is 8.80. The maximum absolute atomic E-state index is 12.0. The van der Waals surface area contributed by atoms with Crippen molar-refractivity contribution in [3.05, 3.63) is 65.7 Å². The van der Waals surface area contributed by atoms with Crippen LogP contribution in [-0.4, -0.2) is 39.0 Å². The summed E-state index contributed by atoms with van der Waals surface area (Å²) in [4.78, 5) is 12.0. The summed E-state index contributed by atoms with van der Waals surface area (Å²) in [6, 6.07) is 15.1. The quantitative estimate of drug-likeness (QED) is 0.152. The molecule has 0 aromatic heterocycles. The first-order valence-electron chi connectivity index (χ1n) is 11.9. The highest BCUT2D eigenvalue weighted by Crippen LogP contribution is 2.31. The van der Waals surface area contributed by atoms with Crippen molar-refractivity contribution in [3.8, 4) is 11.5 Å². The van der Waals surface area contributed by atoms with Gasteiger partial charge >= 0.3 is 5.97 Å². The second-order valence-electron chi connectivity index (χ2n) is 8.80. The van der Waals surface area contributed by atoms with Gasteiger partial charge in [-0.3, -0.25) is 0 Å². The van der Waals surface area contributed by atoms with Gasteiger partial charge in [-0.25, -0.2) is 4.79 Å². The van der Waals surface area contributed by atoms with Crippen LogP contribution in [0.4, 0.5) is 0 Å². The number of hydrogen-bond donors (Lipinski definition) is 0. The maximum Gasteiger partial charge on any atom is 0.336 e. The predicted octanol–water partition coefficient (Wildman–Crippen LogP) is 6.00. The number of unbranched alkanes of at least 4 members (excludes halogenated alkanes) is 3. The molecule has 0 bridgehead atoms. The van der Waals surface area contributed by atoms with E-state index in [9.17, 15) is 4.79 Å². The summed E-state index contributed by atoms with van der Waals surface area (Å²) in [5.74, 6) is 0.983. The lowest BCUT2D eigenvalue weighted by molar-refractivity contribution is -0.150. The van der Waals surface area contributed by atoms with E-state index in [0.29, 0.717) is 12.4 Å². The van der Waals surface area contributed by atoms with E-state index in [2.05, 4.69) is 6.92 Å². The molecular weight excluding hydrogens is 416 g/mol. The molecule has 0 saturated carbocycles. The van der Waals surface area contributed by atoms with Crippen LogP contribution in [0, 0.1) is 12.3 Å². The van der Waals surface area contributed by atoms with E-state index in [4.69, 9.17) is 18.9 Å². The molecule has 0 N–H and O–H groups in total. The number of esters is 1. The summed E-state index contributed by atoms with van der Waals surface area (Å²) in [6.45, 7) is 8.25. The number of carbonyl (C=O) groups is 1. The minimum atomic E-state index is -0.397. The first-order chi connectivity index (χ1) is 16.1. The van der Waals surface area contributed by atoms with Crippen molar-refractivity contribution >= 4 is 12.0 Å². The van der Waals surface area contributed by atoms with E-state index in [1.54, 1.807) is 18.2 Å². The SMILES string of the molecule is CCC1(COCCCCCCOc2ccc(/C=C/C(=O)Oc3ccc(C)cc3)cc2)COC1. The van der Waals surface area contributed by atoms with Gasteiger partial charge in [-0.15, -0.1) is 0 Å². The Labute approximate surface area is 197 Å². The van der Waals surface area contributed by atoms with Gasteiger partial charge in [0.25, 0.3) is 0 Å². The molecule has 1 aliphatic heterocycles. The van der Waals surface area contributed by atoms with Crippen molar-refractivity contribution in [2.24, 2.45) is 5.41 Å². The summed E-state index contributed by atoms with van der Waals surface area (Å²) in [7, 11) is 0. The van der Waals surface area contributed by atoms with Crippen LogP contribution >= 0.6 is 0 Å². The zero-order valence-corrected chi connectivity index (χ0v) is 19.9. The third kappa shape index (κ3) is 8.67. The van der Waals surface area contributed by atoms with Crippen LogP contribution in [0.3, 0.4) is 0 Å². The fourth-order valence-electron chi connectivity index (χ4n) is 3.51. The number of benzene rings is 2. The number of aryl methyl sites for hydroxylation is 1. The van der Waals surface area contributed by atoms with E-state index in [-0.39, 0.29) is 5.41 Å². The van der Waals surface area contributed by atoms with Gasteiger partial charge in [-0.2, -0.15) is 0 Å². The lowest BCUT2D eigenvalue weighted by Crippen LogP contribution is -2.45. The molecule has 0 atom stereocenters. The van der Waals surface area contributed by atoms with E-state index in [1.807, 2.05) is 43.3 Å². The van der Waals surface area contributed by atoms with Crippen LogP contribution in [0.5, 0.6) is 11.5 Å². The highest BCUT2D eigenvalue weighted by atomic mass is 16.5. The molecule has 1 fully saturated rings. The Balaban J connectivity index is 1.24. The van der Waals surface area contributed by atoms with E-state index < -0.39 is 5.97 Å². The van der Waals surface area contributed by atoms with E-state index in [0.717, 1.165) is 75.4 Å². The normalized spacial score (nSPS) is 14.7. The third-order valence-corrected chi connectivity index (χ3v) is 5.96. The van der Waals surface area contributed by atoms with Gasteiger partial charge in [0.1, 0.15) is 11.5 Å². The summed E-state index contributed by atoms with van der Waals surface area (Å²) in [5.41, 5.74) is 2.32. The minimum Gasteiger partial charge on any atom is -0.494 e. The zero-order valence-electron chi connectivity index (χ0n) is 19.9. The number of ether oxygens (including phenoxy) is 4. The lowest BCUT2D eigenvalue weighted by atomic mass is 9.84. The van der Waals surface area contributed by atoms with Crippen LogP contribution in [0.25, 0.3) is 6.08 Å². The van der Waals surface area contributed by atoms with Gasteiger partial charge in [0.15, 0.2) is 0 Å². The molecule has 0 radical (unpaired) electrons. The van der Waals surface area contributed by atoms with Crippen molar-refractivity contribution in [2.45, 2.75) is 46.0 Å². The Morgan fingerprint density at radius 1 is 0.939 bits per heavy atom. The molecule has 5 heteroatoms. The highest BCUT2D eigenvalue weighted by Gasteiger charge is 2.36. The van der Waals surface area contributed by atoms with Crippen molar-refractivity contribution in [2.75, 3.05) is 33.0 Å². The zero-order chi connectivity index (χ0) is 23.4. The molecule has 1 aliphatic rings. The molecule has 5 nitrogen and oxygen atoms in total. The molecule has 0 unspecified atom stereocenters. The summed E-state index contributed by atoms with van der Waals surface area (Å²) in [5, 5.41) is 0. The molecule has 3 rings (SSSR count). The largest absolute Gasteiger partial charge is 0.494 e. The van der Waals surface area contributed by atoms with Gasteiger partial charge in [-0.05, 0) is 68.5 Å². The van der Waals surface area contributed by atoms with Gasteiger partial charge in [0.05, 0.1) is 26.4 Å². The van der Waals surface area contributed by atoms with Crippen LogP contribution in [-0.2, 0) is 14.3 Å². The van der Waals surface area contributed by atoms with Gasteiger partial charge in [-0.1, -0.05) is 43.2 Å². The number of carbonyl (C=O) groups excluding carboxylic acids is 1. The van der Waals surface area contributed by atoms with E-state index in [1.165, 1.54) is 6.08 Å². The maximum atomic E-state index is 12.0. The first kappa shape index (κ1) is 25.0. The van der Waals surface area contributed by atoms with Crippen LogP contribution in [0.15, 0.2) is 54.6 Å². The van der Waals surface area contributed by atoms with Crippen LogP contribution in [0.1, 0.15) is 50.2 Å². The highest BCUT2D eigenvalue weighted by molar-refractivity contribution is 5.88. The van der Waals surface area contributed by atoms with Crippen molar-refractivity contribution in [1.82, 2.24) is 0 Å². The first-order valence-corrected chi connectivity index (χ1v) is 11.9. The Morgan fingerprint density at radius 3 is 2.24 bits per heavy atom. The molecule has 33 heavy (non-hydrogen) atoms. The monoisotopic (exact) mass is 452 g/mol. The van der Waals surface area contributed by atoms with Crippen molar-refractivity contribution in [1.29, 1.82) is 0 Å². The van der Waals surface area contributed by atoms with Crippen LogP contribution in [0.2, 0.25) is 0 Å². The molecule has 1 saturated heterocycles. The predicted molar refractivity (Wildman–Crippen MR) is 131 cm³/mol. The Kier molecular flexibility index (Phi) is 9.98. The van der Waals surface area contributed by atoms with E-state index >= 15 is 0 Å². The molecule has 2 aromatic rings. The fourth-order valence-corrected chi connectivity index (χ4v) is 3.51. The van der Waals surface area contributed by atoms with Crippen molar-refractivity contribution < 1.29 is 23.7 Å². The molecule has 2 aromatic carbocycles. The van der Waals surface area contributed by atoms with Gasteiger partial charge < -0.3 is 18.9 Å². The summed E-state index contributed by atoms with van der Waals surface area (Å²) < 4.78 is 22.3. The third-order valence-electron chi connectivity index (χ3n) is 5.96. The Hall–Kier alpha value is -2.63. The number of rotatable bonds is 14. The summed E-state index contributed by atoms with van der Waals surface area (Å²) in [6.07, 6.45) is 8.70. The number of hydrogen-bond acceptors (Lipinski definition) is 5.